The molecule has 9 heteroatoms. The van der Waals surface area contributed by atoms with Crippen molar-refractivity contribution in [3.63, 3.8) is 0 Å². The molecule has 0 bridgehead atoms. The maximum atomic E-state index is 13.2. The van der Waals surface area contributed by atoms with Gasteiger partial charge in [-0.25, -0.2) is 4.98 Å². The molecule has 4 rings (SSSR count). The Morgan fingerprint density at radius 2 is 1.77 bits per heavy atom. The van der Waals surface area contributed by atoms with Crippen LogP contribution in [0.5, 0.6) is 0 Å². The van der Waals surface area contributed by atoms with Crippen LogP contribution in [0.15, 0.2) is 40.8 Å². The van der Waals surface area contributed by atoms with Gasteiger partial charge in [-0.05, 0) is 33.3 Å². The Balaban J connectivity index is 1.36. The number of amides is 2. The number of carbonyl (C=O) groups is 2. The first kappa shape index (κ1) is 25.1. The van der Waals surface area contributed by atoms with Gasteiger partial charge >= 0.3 is 0 Å². The average Bonchev–Trinajstić information content (AvgIpc) is 3.23. The molecule has 8 nitrogen and oxygen atoms in total. The minimum Gasteiger partial charge on any atom is -0.350 e. The van der Waals surface area contributed by atoms with Gasteiger partial charge in [-0.15, -0.1) is 11.3 Å². The third-order valence-electron chi connectivity index (χ3n) is 6.10. The predicted octanol–water partition coefficient (Wildman–Crippen LogP) is 2.88. The van der Waals surface area contributed by atoms with Crippen LogP contribution in [0.3, 0.4) is 0 Å². The zero-order chi connectivity index (χ0) is 25.2. The van der Waals surface area contributed by atoms with Gasteiger partial charge in [-0.1, -0.05) is 29.8 Å². The summed E-state index contributed by atoms with van der Waals surface area (Å²) in [5.74, 6) is 0.0119. The number of aryl methyl sites for hydroxylation is 2. The molecule has 0 unspecified atom stereocenters. The van der Waals surface area contributed by atoms with Crippen LogP contribution < -0.4 is 10.9 Å². The largest absolute Gasteiger partial charge is 0.350 e. The molecule has 186 valence electrons. The number of carbonyl (C=O) groups excluding carboxylic acids is 2. The van der Waals surface area contributed by atoms with Crippen LogP contribution in [-0.4, -0.2) is 69.4 Å². The fourth-order valence-corrected chi connectivity index (χ4v) is 5.17. The normalized spacial score (nSPS) is 14.9. The highest BCUT2D eigenvalue weighted by Gasteiger charge is 2.24. The van der Waals surface area contributed by atoms with Crippen LogP contribution in [0.2, 0.25) is 0 Å². The molecule has 1 aliphatic heterocycles. The highest BCUT2D eigenvalue weighted by atomic mass is 32.1. The van der Waals surface area contributed by atoms with Crippen LogP contribution in [-0.2, 0) is 16.1 Å². The van der Waals surface area contributed by atoms with Crippen molar-refractivity contribution in [3.05, 3.63) is 51.9 Å². The summed E-state index contributed by atoms with van der Waals surface area (Å²) in [5, 5.41) is 5.55. The first-order chi connectivity index (χ1) is 16.6. The van der Waals surface area contributed by atoms with Crippen molar-refractivity contribution in [1.82, 2.24) is 24.7 Å². The van der Waals surface area contributed by atoms with E-state index in [4.69, 9.17) is 0 Å². The molecular weight excluding hydrogens is 462 g/mol. The Morgan fingerprint density at radius 1 is 1.09 bits per heavy atom. The number of fused-ring (bicyclic) bond motifs is 1. The minimum atomic E-state index is -0.255. The lowest BCUT2D eigenvalue weighted by Gasteiger charge is -2.35. The zero-order valence-corrected chi connectivity index (χ0v) is 21.7. The van der Waals surface area contributed by atoms with Gasteiger partial charge < -0.3 is 10.2 Å². The van der Waals surface area contributed by atoms with E-state index in [1.54, 1.807) is 6.33 Å². The fourth-order valence-electron chi connectivity index (χ4n) is 4.26. The molecule has 1 aromatic carbocycles. The van der Waals surface area contributed by atoms with Gasteiger partial charge in [0.1, 0.15) is 4.83 Å². The average molecular weight is 496 g/mol. The molecule has 1 N–H and O–H groups in total. The molecular formula is C26H33N5O3S. The van der Waals surface area contributed by atoms with Gasteiger partial charge in [0, 0.05) is 55.6 Å². The highest BCUT2D eigenvalue weighted by molar-refractivity contribution is 7.17. The molecule has 2 aromatic heterocycles. The minimum absolute atomic E-state index is 0.00187. The van der Waals surface area contributed by atoms with E-state index in [2.05, 4.69) is 15.2 Å². The summed E-state index contributed by atoms with van der Waals surface area (Å²) in [6.07, 6.45) is 1.78. The summed E-state index contributed by atoms with van der Waals surface area (Å²) >= 11 is 1.46. The third kappa shape index (κ3) is 6.15. The van der Waals surface area contributed by atoms with E-state index in [0.717, 1.165) is 16.7 Å². The van der Waals surface area contributed by atoms with E-state index < -0.39 is 0 Å². The number of rotatable bonds is 6. The Hall–Kier alpha value is -3.04. The standard InChI is InChI=1S/C26H33N5O3S/c1-18-5-7-19(8-6-18)20-16-35-24-23(20)25(34)31(17-27-24)10-9-22(33)30-13-11-29(12-14-30)15-21(32)28-26(2,3)4/h5-8,16-17H,9-15H2,1-4H3,(H,28,32). The summed E-state index contributed by atoms with van der Waals surface area (Å²) in [5.41, 5.74) is 2.67. The van der Waals surface area contributed by atoms with E-state index in [-0.39, 0.29) is 35.9 Å². The first-order valence-corrected chi connectivity index (χ1v) is 12.8. The van der Waals surface area contributed by atoms with Gasteiger partial charge in [0.25, 0.3) is 5.56 Å². The molecule has 0 radical (unpaired) electrons. The Labute approximate surface area is 209 Å². The number of piperazine rings is 1. The maximum Gasteiger partial charge on any atom is 0.262 e. The van der Waals surface area contributed by atoms with Gasteiger partial charge in [-0.3, -0.25) is 23.9 Å². The molecule has 35 heavy (non-hydrogen) atoms. The fraction of sp³-hybridized carbons (Fsp3) is 0.462. The second kappa shape index (κ2) is 10.3. The molecule has 1 fully saturated rings. The molecule has 3 aromatic rings. The lowest BCUT2D eigenvalue weighted by Crippen LogP contribution is -2.53. The second-order valence-electron chi connectivity index (χ2n) is 10.1. The highest BCUT2D eigenvalue weighted by Crippen LogP contribution is 2.30. The number of aromatic nitrogens is 2. The smallest absolute Gasteiger partial charge is 0.262 e. The van der Waals surface area contributed by atoms with Crippen molar-refractivity contribution in [2.24, 2.45) is 0 Å². The van der Waals surface area contributed by atoms with Gasteiger partial charge in [0.05, 0.1) is 18.3 Å². The van der Waals surface area contributed by atoms with Crippen LogP contribution in [0, 0.1) is 6.92 Å². The van der Waals surface area contributed by atoms with E-state index >= 15 is 0 Å². The van der Waals surface area contributed by atoms with E-state index in [1.165, 1.54) is 15.9 Å². The van der Waals surface area contributed by atoms with Gasteiger partial charge in [0.15, 0.2) is 0 Å². The molecule has 1 saturated heterocycles. The van der Waals surface area contributed by atoms with E-state index in [1.807, 2.05) is 62.2 Å². The molecule has 0 atom stereocenters. The second-order valence-corrected chi connectivity index (χ2v) is 11.0. The number of hydrogen-bond donors (Lipinski definition) is 1. The van der Waals surface area contributed by atoms with Gasteiger partial charge in [0.2, 0.25) is 11.8 Å². The van der Waals surface area contributed by atoms with Crippen molar-refractivity contribution in [2.45, 2.75) is 46.2 Å². The van der Waals surface area contributed by atoms with Crippen molar-refractivity contribution in [2.75, 3.05) is 32.7 Å². The number of benzene rings is 1. The first-order valence-electron chi connectivity index (χ1n) is 12.0. The van der Waals surface area contributed by atoms with Crippen LogP contribution >= 0.6 is 11.3 Å². The quantitative estimate of drug-likeness (QED) is 0.568. The van der Waals surface area contributed by atoms with Crippen molar-refractivity contribution in [3.8, 4) is 11.1 Å². The summed E-state index contributed by atoms with van der Waals surface area (Å²) in [7, 11) is 0. The molecule has 0 aliphatic carbocycles. The van der Waals surface area contributed by atoms with Crippen LogP contribution in [0.1, 0.15) is 32.8 Å². The molecule has 3 heterocycles. The van der Waals surface area contributed by atoms with Crippen molar-refractivity contribution >= 4 is 33.4 Å². The van der Waals surface area contributed by atoms with Gasteiger partial charge in [-0.2, -0.15) is 0 Å². The Kier molecular flexibility index (Phi) is 7.37. The summed E-state index contributed by atoms with van der Waals surface area (Å²) in [6, 6.07) is 8.10. The van der Waals surface area contributed by atoms with E-state index in [0.29, 0.717) is 42.9 Å². The predicted molar refractivity (Wildman–Crippen MR) is 140 cm³/mol. The van der Waals surface area contributed by atoms with Crippen LogP contribution in [0.4, 0.5) is 0 Å². The van der Waals surface area contributed by atoms with Crippen LogP contribution in [0.25, 0.3) is 21.3 Å². The van der Waals surface area contributed by atoms with Crippen molar-refractivity contribution < 1.29 is 9.59 Å². The lowest BCUT2D eigenvalue weighted by molar-refractivity contribution is -0.133. The van der Waals surface area contributed by atoms with Crippen molar-refractivity contribution in [1.29, 1.82) is 0 Å². The summed E-state index contributed by atoms with van der Waals surface area (Å²) in [4.78, 5) is 47.3. The molecule has 1 aliphatic rings. The molecule has 0 saturated carbocycles. The SMILES string of the molecule is Cc1ccc(-c2csc3ncn(CCC(=O)N4CCN(CC(=O)NC(C)(C)C)CC4)c(=O)c23)cc1. The topological polar surface area (TPSA) is 87.5 Å². The third-order valence-corrected chi connectivity index (χ3v) is 6.98. The molecule has 0 spiro atoms. The number of nitrogens with one attached hydrogen (secondary N) is 1. The lowest BCUT2D eigenvalue weighted by atomic mass is 10.1. The Morgan fingerprint density at radius 3 is 2.43 bits per heavy atom. The zero-order valence-electron chi connectivity index (χ0n) is 20.8. The Bertz CT molecular complexity index is 1260. The van der Waals surface area contributed by atoms with E-state index in [9.17, 15) is 14.4 Å². The number of thiophene rings is 1. The summed E-state index contributed by atoms with van der Waals surface area (Å²) in [6.45, 7) is 11.0. The maximum absolute atomic E-state index is 13.2. The number of hydrogen-bond acceptors (Lipinski definition) is 6. The monoisotopic (exact) mass is 495 g/mol. The summed E-state index contributed by atoms with van der Waals surface area (Å²) < 4.78 is 1.54. The molecule has 2 amide bonds. The number of nitrogens with zero attached hydrogens (tertiary/aromatic N) is 4.